The van der Waals surface area contributed by atoms with E-state index >= 15 is 0 Å². The first-order chi connectivity index (χ1) is 13.7. The number of fused-ring (bicyclic) bond motifs is 1. The van der Waals surface area contributed by atoms with Crippen LogP contribution in [-0.4, -0.2) is 47.9 Å². The van der Waals surface area contributed by atoms with E-state index < -0.39 is 0 Å². The lowest BCUT2D eigenvalue weighted by Crippen LogP contribution is -2.47. The van der Waals surface area contributed by atoms with E-state index in [2.05, 4.69) is 48.2 Å². The molecule has 3 saturated heterocycles. The van der Waals surface area contributed by atoms with Crippen molar-refractivity contribution in [2.75, 3.05) is 19.7 Å². The molecule has 5 heteroatoms. The van der Waals surface area contributed by atoms with Gasteiger partial charge in [-0.3, -0.25) is 9.69 Å². The molecule has 5 rings (SSSR count). The van der Waals surface area contributed by atoms with Crippen LogP contribution < -0.4 is 0 Å². The Balaban J connectivity index is 1.33. The number of morpholine rings is 1. The number of hydrogen-bond acceptors (Lipinski definition) is 4. The molecule has 3 heterocycles. The number of benzene rings is 2. The molecular formula is C23H26N2O3. The second kappa shape index (κ2) is 7.32. The molecule has 3 aliphatic heterocycles. The first kappa shape index (κ1) is 17.9. The molecule has 5 nitrogen and oxygen atoms in total. The number of rotatable bonds is 4. The van der Waals surface area contributed by atoms with Crippen molar-refractivity contribution < 1.29 is 14.3 Å². The highest BCUT2D eigenvalue weighted by atomic mass is 16.8. The lowest BCUT2D eigenvalue weighted by Gasteiger charge is -2.35. The van der Waals surface area contributed by atoms with E-state index in [1.807, 2.05) is 29.2 Å². The topological polar surface area (TPSA) is 45.3 Å². The van der Waals surface area contributed by atoms with E-state index in [9.17, 15) is 4.79 Å². The first-order valence-corrected chi connectivity index (χ1v) is 10.1. The maximum Gasteiger partial charge on any atom is 0.230 e. The SMILES string of the molecule is C[C@@H]1CN(Cc2ccccc2)C[C@H]1C(=O)N1C2O[C@H]2OC[C@H]1c1ccccc1. The lowest BCUT2D eigenvalue weighted by atomic mass is 9.94. The van der Waals surface area contributed by atoms with E-state index in [0.717, 1.165) is 25.2 Å². The monoisotopic (exact) mass is 378 g/mol. The standard InChI is InChI=1S/C23H26N2O3/c1-16-12-24(13-17-8-4-2-5-9-17)14-19(16)21(26)25-20(15-27-23-22(25)28-23)18-10-6-3-7-11-18/h2-11,16,19-20,22-23H,12-15H2,1H3/t16-,19-,20+,22?,23-/m1/s1. The number of carbonyl (C=O) groups is 1. The van der Waals surface area contributed by atoms with Gasteiger partial charge in [0.2, 0.25) is 12.2 Å². The van der Waals surface area contributed by atoms with Crippen molar-refractivity contribution in [2.45, 2.75) is 32.0 Å². The summed E-state index contributed by atoms with van der Waals surface area (Å²) in [6.07, 6.45) is -0.483. The normalized spacial score (nSPS) is 32.2. The van der Waals surface area contributed by atoms with Gasteiger partial charge >= 0.3 is 0 Å². The zero-order valence-corrected chi connectivity index (χ0v) is 16.1. The van der Waals surface area contributed by atoms with E-state index in [4.69, 9.17) is 9.47 Å². The van der Waals surface area contributed by atoms with Crippen LogP contribution >= 0.6 is 0 Å². The third-order valence-electron chi connectivity index (χ3n) is 6.15. The minimum absolute atomic E-state index is 0.00197. The molecule has 1 unspecified atom stereocenters. The van der Waals surface area contributed by atoms with E-state index in [1.54, 1.807) is 0 Å². The van der Waals surface area contributed by atoms with Gasteiger partial charge in [0.05, 0.1) is 18.6 Å². The van der Waals surface area contributed by atoms with Gasteiger partial charge in [-0.05, 0) is 17.0 Å². The number of epoxide rings is 1. The zero-order chi connectivity index (χ0) is 19.1. The van der Waals surface area contributed by atoms with Crippen molar-refractivity contribution >= 4 is 5.91 Å². The zero-order valence-electron chi connectivity index (χ0n) is 16.1. The van der Waals surface area contributed by atoms with Gasteiger partial charge in [0.1, 0.15) is 0 Å². The minimum Gasteiger partial charge on any atom is -0.346 e. The molecule has 0 bridgehead atoms. The second-order valence-electron chi connectivity index (χ2n) is 8.16. The minimum atomic E-state index is -0.249. The molecule has 2 aromatic carbocycles. The van der Waals surface area contributed by atoms with Crippen molar-refractivity contribution in [3.63, 3.8) is 0 Å². The molecular weight excluding hydrogens is 352 g/mol. The van der Waals surface area contributed by atoms with Gasteiger partial charge in [-0.15, -0.1) is 0 Å². The number of likely N-dealkylation sites (tertiary alicyclic amines) is 1. The molecule has 3 aliphatic rings. The molecule has 2 aromatic rings. The maximum atomic E-state index is 13.6. The molecule has 28 heavy (non-hydrogen) atoms. The number of ether oxygens (including phenoxy) is 2. The van der Waals surface area contributed by atoms with Crippen molar-refractivity contribution in [3.05, 3.63) is 71.8 Å². The Morgan fingerprint density at radius 3 is 2.50 bits per heavy atom. The van der Waals surface area contributed by atoms with Crippen LogP contribution in [0.2, 0.25) is 0 Å². The third kappa shape index (κ3) is 3.34. The summed E-state index contributed by atoms with van der Waals surface area (Å²) in [6.45, 7) is 5.32. The average molecular weight is 378 g/mol. The summed E-state index contributed by atoms with van der Waals surface area (Å²) in [5, 5.41) is 0. The Kier molecular flexibility index (Phi) is 4.67. The molecule has 0 aromatic heterocycles. The molecule has 0 spiro atoms. The summed E-state index contributed by atoms with van der Waals surface area (Å²) in [4.78, 5) is 17.9. The van der Waals surface area contributed by atoms with Gasteiger partial charge in [-0.25, -0.2) is 0 Å². The number of nitrogens with zero attached hydrogens (tertiary/aromatic N) is 2. The van der Waals surface area contributed by atoms with Crippen molar-refractivity contribution in [1.82, 2.24) is 9.80 Å². The summed E-state index contributed by atoms with van der Waals surface area (Å²) in [5.74, 6) is 0.526. The van der Waals surface area contributed by atoms with E-state index in [0.29, 0.717) is 12.5 Å². The number of carbonyl (C=O) groups excluding carboxylic acids is 1. The van der Waals surface area contributed by atoms with E-state index in [-0.39, 0.29) is 30.4 Å². The van der Waals surface area contributed by atoms with Gasteiger partial charge in [-0.1, -0.05) is 67.6 Å². The lowest BCUT2D eigenvalue weighted by molar-refractivity contribution is -0.146. The van der Waals surface area contributed by atoms with Crippen molar-refractivity contribution in [3.8, 4) is 0 Å². The van der Waals surface area contributed by atoms with Gasteiger partial charge in [0.15, 0.2) is 6.23 Å². The molecule has 0 aliphatic carbocycles. The third-order valence-corrected chi connectivity index (χ3v) is 6.15. The number of amides is 1. The molecule has 0 saturated carbocycles. The van der Waals surface area contributed by atoms with Gasteiger partial charge in [-0.2, -0.15) is 0 Å². The Morgan fingerprint density at radius 1 is 1.04 bits per heavy atom. The molecule has 146 valence electrons. The van der Waals surface area contributed by atoms with E-state index in [1.165, 1.54) is 5.56 Å². The fraction of sp³-hybridized carbons (Fsp3) is 0.435. The van der Waals surface area contributed by atoms with Gasteiger partial charge in [0.25, 0.3) is 0 Å². The quantitative estimate of drug-likeness (QED) is 0.767. The number of hydrogen-bond donors (Lipinski definition) is 0. The molecule has 5 atom stereocenters. The van der Waals surface area contributed by atoms with Crippen LogP contribution in [0.5, 0.6) is 0 Å². The highest BCUT2D eigenvalue weighted by Crippen LogP contribution is 2.42. The molecule has 0 radical (unpaired) electrons. The largest absolute Gasteiger partial charge is 0.346 e. The fourth-order valence-electron chi connectivity index (χ4n) is 4.62. The predicted molar refractivity (Wildman–Crippen MR) is 105 cm³/mol. The molecule has 3 fully saturated rings. The molecule has 0 N–H and O–H groups in total. The van der Waals surface area contributed by atoms with Crippen LogP contribution in [0.1, 0.15) is 24.1 Å². The smallest absolute Gasteiger partial charge is 0.230 e. The fourth-order valence-corrected chi connectivity index (χ4v) is 4.62. The maximum absolute atomic E-state index is 13.6. The van der Waals surface area contributed by atoms with Crippen LogP contribution in [0.3, 0.4) is 0 Å². The van der Waals surface area contributed by atoms with Crippen LogP contribution in [0, 0.1) is 11.8 Å². The van der Waals surface area contributed by atoms with Crippen LogP contribution in [-0.2, 0) is 20.8 Å². The average Bonchev–Trinajstić information content (AvgIpc) is 3.43. The van der Waals surface area contributed by atoms with Crippen molar-refractivity contribution in [2.24, 2.45) is 11.8 Å². The summed E-state index contributed by atoms with van der Waals surface area (Å²) < 4.78 is 11.4. The highest BCUT2D eigenvalue weighted by Gasteiger charge is 2.55. The predicted octanol–water partition coefficient (Wildman–Crippen LogP) is 3.04. The van der Waals surface area contributed by atoms with Gasteiger partial charge < -0.3 is 14.4 Å². The summed E-state index contributed by atoms with van der Waals surface area (Å²) in [6, 6.07) is 20.6. The van der Waals surface area contributed by atoms with Crippen LogP contribution in [0.15, 0.2) is 60.7 Å². The van der Waals surface area contributed by atoms with Crippen LogP contribution in [0.25, 0.3) is 0 Å². The molecule has 1 amide bonds. The first-order valence-electron chi connectivity index (χ1n) is 10.1. The summed E-state index contributed by atoms with van der Waals surface area (Å²) >= 11 is 0. The Morgan fingerprint density at radius 2 is 1.75 bits per heavy atom. The van der Waals surface area contributed by atoms with Crippen molar-refractivity contribution in [1.29, 1.82) is 0 Å². The summed E-state index contributed by atoms with van der Waals surface area (Å²) in [5.41, 5.74) is 2.40. The summed E-state index contributed by atoms with van der Waals surface area (Å²) in [7, 11) is 0. The van der Waals surface area contributed by atoms with Gasteiger partial charge in [0, 0.05) is 19.6 Å². The highest BCUT2D eigenvalue weighted by molar-refractivity contribution is 5.81. The Bertz CT molecular complexity index is 828. The van der Waals surface area contributed by atoms with Crippen LogP contribution in [0.4, 0.5) is 0 Å². The Hall–Kier alpha value is -2.21. The second-order valence-corrected chi connectivity index (χ2v) is 8.16. The Labute approximate surface area is 165 Å².